The smallest absolute Gasteiger partial charge is 0.328 e. The Labute approximate surface area is 185 Å². The predicted molar refractivity (Wildman–Crippen MR) is 123 cm³/mol. The second-order valence-electron chi connectivity index (χ2n) is 7.12. The Morgan fingerprint density at radius 2 is 1.38 bits per heavy atom. The van der Waals surface area contributed by atoms with Crippen molar-refractivity contribution in [3.8, 4) is 11.8 Å². The first-order chi connectivity index (χ1) is 15.5. The summed E-state index contributed by atoms with van der Waals surface area (Å²) >= 11 is 0. The second-order valence-corrected chi connectivity index (χ2v) is 7.12. The number of carbonyl (C=O) groups excluding carboxylic acids is 1. The minimum atomic E-state index is -0.319. The van der Waals surface area contributed by atoms with E-state index in [2.05, 4.69) is 31.1 Å². The number of hydrogen-bond donors (Lipinski definition) is 3. The van der Waals surface area contributed by atoms with Crippen molar-refractivity contribution in [1.82, 2.24) is 20.4 Å². The summed E-state index contributed by atoms with van der Waals surface area (Å²) in [6.07, 6.45) is 0. The number of hydrazine groups is 1. The van der Waals surface area contributed by atoms with Crippen LogP contribution in [-0.4, -0.2) is 20.9 Å². The van der Waals surface area contributed by atoms with Gasteiger partial charge < -0.3 is 10.1 Å². The van der Waals surface area contributed by atoms with E-state index in [1.807, 2.05) is 68.4 Å². The van der Waals surface area contributed by atoms with Crippen LogP contribution in [0.25, 0.3) is 0 Å². The molecule has 0 aliphatic carbocycles. The lowest BCUT2D eigenvalue weighted by atomic mass is 10.2. The van der Waals surface area contributed by atoms with Gasteiger partial charge >= 0.3 is 6.01 Å². The van der Waals surface area contributed by atoms with Gasteiger partial charge in [0.15, 0.2) is 0 Å². The van der Waals surface area contributed by atoms with Crippen LogP contribution < -0.4 is 20.9 Å². The van der Waals surface area contributed by atoms with Gasteiger partial charge in [0.1, 0.15) is 5.75 Å². The zero-order valence-electron chi connectivity index (χ0n) is 17.7. The summed E-state index contributed by atoms with van der Waals surface area (Å²) in [6.45, 7) is 4.01. The molecule has 0 saturated carbocycles. The molecule has 0 unspecified atom stereocenters. The lowest BCUT2D eigenvalue weighted by molar-refractivity contribution is 0.0962. The SMILES string of the molecule is Cc1ccc(Nc2nc(NNC(=O)c3ccccc3)nc(Oc3ccc(C)cc3)n2)cc1. The maximum Gasteiger partial charge on any atom is 0.328 e. The molecule has 3 aromatic carbocycles. The number of benzene rings is 3. The largest absolute Gasteiger partial charge is 0.424 e. The maximum atomic E-state index is 12.3. The van der Waals surface area contributed by atoms with Gasteiger partial charge in [0.25, 0.3) is 5.91 Å². The van der Waals surface area contributed by atoms with Crippen molar-refractivity contribution in [2.45, 2.75) is 13.8 Å². The topological polar surface area (TPSA) is 101 Å². The summed E-state index contributed by atoms with van der Waals surface area (Å²) in [5.41, 5.74) is 8.88. The first-order valence-corrected chi connectivity index (χ1v) is 10.0. The fraction of sp³-hybridized carbons (Fsp3) is 0.0833. The van der Waals surface area contributed by atoms with E-state index >= 15 is 0 Å². The molecule has 8 nitrogen and oxygen atoms in total. The number of nitrogens with one attached hydrogen (secondary N) is 3. The van der Waals surface area contributed by atoms with Crippen LogP contribution in [-0.2, 0) is 0 Å². The van der Waals surface area contributed by atoms with Gasteiger partial charge in [-0.3, -0.25) is 15.6 Å². The number of hydrogen-bond acceptors (Lipinski definition) is 7. The van der Waals surface area contributed by atoms with E-state index in [0.29, 0.717) is 11.3 Å². The Bertz CT molecular complexity index is 1130. The van der Waals surface area contributed by atoms with Gasteiger partial charge in [-0.1, -0.05) is 53.6 Å². The highest BCUT2D eigenvalue weighted by Gasteiger charge is 2.11. The van der Waals surface area contributed by atoms with Crippen LogP contribution >= 0.6 is 0 Å². The quantitative estimate of drug-likeness (QED) is 0.366. The molecule has 0 bridgehead atoms. The van der Waals surface area contributed by atoms with E-state index in [0.717, 1.165) is 16.8 Å². The molecule has 0 atom stereocenters. The van der Waals surface area contributed by atoms with Crippen LogP contribution in [0, 0.1) is 13.8 Å². The average Bonchev–Trinajstić information content (AvgIpc) is 2.81. The summed E-state index contributed by atoms with van der Waals surface area (Å²) in [4.78, 5) is 25.3. The van der Waals surface area contributed by atoms with Crippen molar-refractivity contribution < 1.29 is 9.53 Å². The number of ether oxygens (including phenoxy) is 1. The average molecular weight is 426 g/mol. The fourth-order valence-corrected chi connectivity index (χ4v) is 2.77. The molecule has 160 valence electrons. The minimum absolute atomic E-state index is 0.0786. The second kappa shape index (κ2) is 9.57. The Morgan fingerprint density at radius 3 is 2.06 bits per heavy atom. The third-order valence-electron chi connectivity index (χ3n) is 4.48. The minimum Gasteiger partial charge on any atom is -0.424 e. The zero-order valence-corrected chi connectivity index (χ0v) is 17.7. The third-order valence-corrected chi connectivity index (χ3v) is 4.48. The van der Waals surface area contributed by atoms with Crippen molar-refractivity contribution in [2.24, 2.45) is 0 Å². The zero-order chi connectivity index (χ0) is 22.3. The Morgan fingerprint density at radius 1 is 0.750 bits per heavy atom. The molecule has 1 amide bonds. The van der Waals surface area contributed by atoms with Gasteiger partial charge in [-0.25, -0.2) is 0 Å². The molecule has 0 aliphatic rings. The van der Waals surface area contributed by atoms with Crippen molar-refractivity contribution in [2.75, 3.05) is 10.7 Å². The van der Waals surface area contributed by atoms with Crippen molar-refractivity contribution in [3.63, 3.8) is 0 Å². The van der Waals surface area contributed by atoms with Crippen LogP contribution in [0.5, 0.6) is 11.8 Å². The monoisotopic (exact) mass is 426 g/mol. The molecular formula is C24H22N6O2. The highest BCUT2D eigenvalue weighted by atomic mass is 16.5. The van der Waals surface area contributed by atoms with E-state index in [9.17, 15) is 4.79 Å². The normalized spacial score (nSPS) is 10.3. The molecule has 0 radical (unpaired) electrons. The Hall–Kier alpha value is -4.46. The van der Waals surface area contributed by atoms with E-state index in [-0.39, 0.29) is 23.8 Å². The van der Waals surface area contributed by atoms with Crippen molar-refractivity contribution in [3.05, 3.63) is 95.6 Å². The number of carbonyl (C=O) groups is 1. The van der Waals surface area contributed by atoms with E-state index in [1.54, 1.807) is 24.3 Å². The third kappa shape index (κ3) is 5.57. The first-order valence-electron chi connectivity index (χ1n) is 10.0. The lowest BCUT2D eigenvalue weighted by Gasteiger charge is -2.12. The highest BCUT2D eigenvalue weighted by molar-refractivity contribution is 5.94. The summed E-state index contributed by atoms with van der Waals surface area (Å²) in [5.74, 6) is 0.658. The van der Waals surface area contributed by atoms with E-state index in [1.165, 1.54) is 0 Å². The van der Waals surface area contributed by atoms with Crippen LogP contribution in [0.15, 0.2) is 78.9 Å². The number of amides is 1. The molecular weight excluding hydrogens is 404 g/mol. The van der Waals surface area contributed by atoms with Crippen LogP contribution in [0.2, 0.25) is 0 Å². The first kappa shape index (κ1) is 20.8. The molecule has 1 heterocycles. The van der Waals surface area contributed by atoms with Gasteiger partial charge in [-0.15, -0.1) is 0 Å². The van der Waals surface area contributed by atoms with E-state index < -0.39 is 0 Å². The fourth-order valence-electron chi connectivity index (χ4n) is 2.77. The number of aryl methyl sites for hydroxylation is 2. The Kier molecular flexibility index (Phi) is 6.22. The molecule has 0 saturated heterocycles. The van der Waals surface area contributed by atoms with Gasteiger partial charge in [0.2, 0.25) is 11.9 Å². The summed E-state index contributed by atoms with van der Waals surface area (Å²) < 4.78 is 5.81. The number of anilines is 3. The number of rotatable bonds is 7. The van der Waals surface area contributed by atoms with Gasteiger partial charge in [-0.05, 0) is 50.2 Å². The Balaban J connectivity index is 1.56. The summed E-state index contributed by atoms with van der Waals surface area (Å²) in [5, 5.41) is 3.13. The van der Waals surface area contributed by atoms with Gasteiger partial charge in [0, 0.05) is 11.3 Å². The number of nitrogens with zero attached hydrogens (tertiary/aromatic N) is 3. The molecule has 4 aromatic rings. The van der Waals surface area contributed by atoms with Crippen molar-refractivity contribution in [1.29, 1.82) is 0 Å². The maximum absolute atomic E-state index is 12.3. The van der Waals surface area contributed by atoms with Gasteiger partial charge in [-0.2, -0.15) is 15.0 Å². The van der Waals surface area contributed by atoms with Gasteiger partial charge in [0.05, 0.1) is 0 Å². The van der Waals surface area contributed by atoms with Crippen LogP contribution in [0.1, 0.15) is 21.5 Å². The number of aromatic nitrogens is 3. The highest BCUT2D eigenvalue weighted by Crippen LogP contribution is 2.22. The summed E-state index contributed by atoms with van der Waals surface area (Å²) in [7, 11) is 0. The van der Waals surface area contributed by atoms with E-state index in [4.69, 9.17) is 4.74 Å². The molecule has 32 heavy (non-hydrogen) atoms. The predicted octanol–water partition coefficient (Wildman–Crippen LogP) is 4.78. The molecule has 0 fully saturated rings. The molecule has 0 spiro atoms. The molecule has 0 aliphatic heterocycles. The van der Waals surface area contributed by atoms with Crippen molar-refractivity contribution >= 4 is 23.5 Å². The lowest BCUT2D eigenvalue weighted by Crippen LogP contribution is -2.30. The molecule has 4 rings (SSSR count). The van der Waals surface area contributed by atoms with Crippen LogP contribution in [0.3, 0.4) is 0 Å². The molecule has 8 heteroatoms. The standard InChI is InChI=1S/C24H22N6O2/c1-16-8-12-19(13-9-16)25-22-26-23(30-29-21(31)18-6-4-3-5-7-18)28-24(27-22)32-20-14-10-17(2)11-15-20/h3-15H,1-2H3,(H,29,31)(H2,25,26,27,28,30). The molecule has 3 N–H and O–H groups in total. The van der Waals surface area contributed by atoms with Crippen LogP contribution in [0.4, 0.5) is 17.6 Å². The summed E-state index contributed by atoms with van der Waals surface area (Å²) in [6, 6.07) is 24.2. The molecule has 1 aromatic heterocycles.